The molecule has 2 saturated heterocycles. The smallest absolute Gasteiger partial charge is 0.191 e. The van der Waals surface area contributed by atoms with Gasteiger partial charge in [-0.05, 0) is 64.5 Å². The first-order chi connectivity index (χ1) is 13.8. The second kappa shape index (κ2) is 17.5. The van der Waals surface area contributed by atoms with E-state index < -0.39 is 0 Å². The third-order valence-electron chi connectivity index (χ3n) is 5.80. The summed E-state index contributed by atoms with van der Waals surface area (Å²) in [7, 11) is 0. The molecule has 0 aromatic rings. The minimum absolute atomic E-state index is 0. The fourth-order valence-electron chi connectivity index (χ4n) is 4.00. The Bertz CT molecular complexity index is 420. The molecule has 2 rings (SSSR count). The number of aliphatic imine (C=N–C) groups is 1. The Kier molecular flexibility index (Phi) is 16.3. The number of rotatable bonds is 12. The van der Waals surface area contributed by atoms with E-state index in [-0.39, 0.29) is 24.0 Å². The second-order valence-electron chi connectivity index (χ2n) is 8.17. The summed E-state index contributed by atoms with van der Waals surface area (Å²) < 4.78 is 11.3. The molecule has 172 valence electrons. The van der Waals surface area contributed by atoms with Crippen molar-refractivity contribution in [2.75, 3.05) is 59.2 Å². The van der Waals surface area contributed by atoms with Crippen LogP contribution in [0.2, 0.25) is 0 Å². The van der Waals surface area contributed by atoms with Crippen LogP contribution in [0.4, 0.5) is 0 Å². The van der Waals surface area contributed by atoms with Crippen molar-refractivity contribution < 1.29 is 9.47 Å². The van der Waals surface area contributed by atoms with Gasteiger partial charge in [0.1, 0.15) is 0 Å². The van der Waals surface area contributed by atoms with Crippen LogP contribution in [-0.4, -0.2) is 76.1 Å². The molecule has 2 fully saturated rings. The van der Waals surface area contributed by atoms with Crippen molar-refractivity contribution in [2.45, 2.75) is 71.3 Å². The fourth-order valence-corrected chi connectivity index (χ4v) is 4.00. The fraction of sp³-hybridized carbons (Fsp3) is 0.955. The number of hydrogen-bond donors (Lipinski definition) is 2. The third kappa shape index (κ3) is 11.7. The van der Waals surface area contributed by atoms with Gasteiger partial charge >= 0.3 is 0 Å². The minimum Gasteiger partial charge on any atom is -0.381 e. The lowest BCUT2D eigenvalue weighted by atomic mass is 10.0. The summed E-state index contributed by atoms with van der Waals surface area (Å²) in [6.07, 6.45) is 9.84. The first-order valence-corrected chi connectivity index (χ1v) is 11.7. The van der Waals surface area contributed by atoms with E-state index in [1.54, 1.807) is 0 Å². The van der Waals surface area contributed by atoms with Gasteiger partial charge in [-0.25, -0.2) is 0 Å². The highest BCUT2D eigenvalue weighted by atomic mass is 127. The van der Waals surface area contributed by atoms with Crippen LogP contribution in [0.3, 0.4) is 0 Å². The Morgan fingerprint density at radius 3 is 2.69 bits per heavy atom. The van der Waals surface area contributed by atoms with E-state index in [9.17, 15) is 0 Å². The molecule has 29 heavy (non-hydrogen) atoms. The molecule has 2 heterocycles. The molecule has 1 atom stereocenters. The lowest BCUT2D eigenvalue weighted by Crippen LogP contribution is -2.44. The maximum atomic E-state index is 5.86. The monoisotopic (exact) mass is 524 g/mol. The van der Waals surface area contributed by atoms with Gasteiger partial charge in [-0.1, -0.05) is 19.8 Å². The molecule has 0 aliphatic carbocycles. The second-order valence-corrected chi connectivity index (χ2v) is 8.17. The SMILES string of the molecule is CCCCN1CCCCC1CN=C(NCC)NCCCOCC1CCOCC1.I. The molecule has 7 heteroatoms. The summed E-state index contributed by atoms with van der Waals surface area (Å²) in [4.78, 5) is 7.54. The highest BCUT2D eigenvalue weighted by Gasteiger charge is 2.21. The average Bonchev–Trinajstić information content (AvgIpc) is 2.74. The average molecular weight is 525 g/mol. The number of likely N-dealkylation sites (tertiary alicyclic amines) is 1. The standard InChI is InChI=1S/C22H44N4O2.HI/c1-3-5-13-26-14-7-6-9-21(26)18-25-22(23-4-2)24-12-8-15-28-19-20-10-16-27-17-11-20;/h20-21H,3-19H2,1-2H3,(H2,23,24,25);1H. The van der Waals surface area contributed by atoms with Crippen molar-refractivity contribution in [1.82, 2.24) is 15.5 Å². The van der Waals surface area contributed by atoms with E-state index >= 15 is 0 Å². The first-order valence-electron chi connectivity index (χ1n) is 11.7. The zero-order valence-electron chi connectivity index (χ0n) is 18.8. The summed E-state index contributed by atoms with van der Waals surface area (Å²) in [5.74, 6) is 1.64. The zero-order valence-corrected chi connectivity index (χ0v) is 21.1. The number of nitrogens with zero attached hydrogens (tertiary/aromatic N) is 2. The molecule has 6 nitrogen and oxygen atoms in total. The molecule has 2 N–H and O–H groups in total. The highest BCUT2D eigenvalue weighted by Crippen LogP contribution is 2.18. The van der Waals surface area contributed by atoms with Crippen LogP contribution in [-0.2, 0) is 9.47 Å². The predicted octanol–water partition coefficient (Wildman–Crippen LogP) is 3.65. The molecule has 0 spiro atoms. The number of ether oxygens (including phenoxy) is 2. The van der Waals surface area contributed by atoms with Crippen molar-refractivity contribution in [3.63, 3.8) is 0 Å². The third-order valence-corrected chi connectivity index (χ3v) is 5.80. The van der Waals surface area contributed by atoms with Crippen molar-refractivity contribution >= 4 is 29.9 Å². The van der Waals surface area contributed by atoms with Gasteiger partial charge in [0, 0.05) is 45.6 Å². The topological polar surface area (TPSA) is 58.1 Å². The molecule has 0 aromatic heterocycles. The largest absolute Gasteiger partial charge is 0.381 e. The van der Waals surface area contributed by atoms with Gasteiger partial charge in [0.25, 0.3) is 0 Å². The molecule has 2 aliphatic heterocycles. The van der Waals surface area contributed by atoms with Crippen LogP contribution in [0.25, 0.3) is 0 Å². The van der Waals surface area contributed by atoms with Gasteiger partial charge in [-0.2, -0.15) is 0 Å². The van der Waals surface area contributed by atoms with Crippen LogP contribution >= 0.6 is 24.0 Å². The lowest BCUT2D eigenvalue weighted by Gasteiger charge is -2.35. The zero-order chi connectivity index (χ0) is 19.9. The number of halogens is 1. The van der Waals surface area contributed by atoms with E-state index in [0.717, 1.165) is 71.3 Å². The van der Waals surface area contributed by atoms with E-state index in [2.05, 4.69) is 29.4 Å². The van der Waals surface area contributed by atoms with Gasteiger partial charge in [0.2, 0.25) is 0 Å². The maximum absolute atomic E-state index is 5.86. The van der Waals surface area contributed by atoms with E-state index in [1.165, 1.54) is 45.2 Å². The van der Waals surface area contributed by atoms with Crippen LogP contribution in [0, 0.1) is 5.92 Å². The summed E-state index contributed by atoms with van der Waals surface area (Å²) in [5.41, 5.74) is 0. The molecule has 0 amide bonds. The normalized spacial score (nSPS) is 21.6. The van der Waals surface area contributed by atoms with Gasteiger partial charge in [-0.15, -0.1) is 24.0 Å². The molecular weight excluding hydrogens is 479 g/mol. The van der Waals surface area contributed by atoms with Crippen LogP contribution < -0.4 is 10.6 Å². The van der Waals surface area contributed by atoms with Gasteiger partial charge in [0.15, 0.2) is 5.96 Å². The Morgan fingerprint density at radius 2 is 1.93 bits per heavy atom. The number of hydrogen-bond acceptors (Lipinski definition) is 4. The number of guanidine groups is 1. The Hall–Kier alpha value is -0.120. The van der Waals surface area contributed by atoms with Crippen molar-refractivity contribution in [2.24, 2.45) is 10.9 Å². The molecule has 0 bridgehead atoms. The quantitative estimate of drug-likeness (QED) is 0.177. The van der Waals surface area contributed by atoms with Crippen molar-refractivity contribution in [3.8, 4) is 0 Å². The Balaban J connectivity index is 0.00000420. The van der Waals surface area contributed by atoms with Crippen LogP contribution in [0.5, 0.6) is 0 Å². The van der Waals surface area contributed by atoms with Gasteiger partial charge < -0.3 is 20.1 Å². The molecule has 1 unspecified atom stereocenters. The van der Waals surface area contributed by atoms with E-state index in [1.807, 2.05) is 0 Å². The lowest BCUT2D eigenvalue weighted by molar-refractivity contribution is 0.0203. The van der Waals surface area contributed by atoms with Crippen LogP contribution in [0.15, 0.2) is 4.99 Å². The molecule has 0 aromatic carbocycles. The summed E-state index contributed by atoms with van der Waals surface area (Å²) >= 11 is 0. The Morgan fingerprint density at radius 1 is 1.10 bits per heavy atom. The van der Waals surface area contributed by atoms with Gasteiger partial charge in [0.05, 0.1) is 6.54 Å². The number of nitrogens with one attached hydrogen (secondary N) is 2. The van der Waals surface area contributed by atoms with Gasteiger partial charge in [-0.3, -0.25) is 9.89 Å². The molecule has 2 aliphatic rings. The van der Waals surface area contributed by atoms with E-state index in [0.29, 0.717) is 12.0 Å². The minimum atomic E-state index is 0. The van der Waals surface area contributed by atoms with Crippen molar-refractivity contribution in [1.29, 1.82) is 0 Å². The molecule has 0 radical (unpaired) electrons. The van der Waals surface area contributed by atoms with Crippen molar-refractivity contribution in [3.05, 3.63) is 0 Å². The summed E-state index contributed by atoms with van der Waals surface area (Å²) in [6, 6.07) is 0.610. The maximum Gasteiger partial charge on any atom is 0.191 e. The highest BCUT2D eigenvalue weighted by molar-refractivity contribution is 14.0. The Labute approximate surface area is 196 Å². The summed E-state index contributed by atoms with van der Waals surface area (Å²) in [5, 5.41) is 6.87. The van der Waals surface area contributed by atoms with Crippen LogP contribution in [0.1, 0.15) is 65.2 Å². The molecular formula is C22H45IN4O2. The number of piperidine rings is 1. The first kappa shape index (κ1) is 26.9. The number of unbranched alkanes of at least 4 members (excludes halogenated alkanes) is 1. The predicted molar refractivity (Wildman–Crippen MR) is 132 cm³/mol. The summed E-state index contributed by atoms with van der Waals surface area (Å²) in [6.45, 7) is 13.1. The molecule has 0 saturated carbocycles. The van der Waals surface area contributed by atoms with E-state index in [4.69, 9.17) is 14.5 Å².